The molecule has 4 heteroatoms. The highest BCUT2D eigenvalue weighted by Gasteiger charge is 2.17. The van der Waals surface area contributed by atoms with Crippen molar-refractivity contribution < 1.29 is 4.74 Å². The number of rotatable bonds is 2. The summed E-state index contributed by atoms with van der Waals surface area (Å²) in [5.74, 6) is 0. The van der Waals surface area contributed by atoms with E-state index in [1.165, 1.54) is 5.56 Å². The number of nitrogens with zero attached hydrogens (tertiary/aromatic N) is 2. The Labute approximate surface area is 92.6 Å². The van der Waals surface area contributed by atoms with Gasteiger partial charge in [0.1, 0.15) is 0 Å². The fourth-order valence-corrected chi connectivity index (χ4v) is 2.34. The highest BCUT2D eigenvalue weighted by Crippen LogP contribution is 2.22. The van der Waals surface area contributed by atoms with E-state index in [9.17, 15) is 0 Å². The third-order valence-corrected chi connectivity index (χ3v) is 3.33. The topological polar surface area (TPSA) is 27.1 Å². The van der Waals surface area contributed by atoms with Crippen LogP contribution >= 0.6 is 15.9 Å². The Morgan fingerprint density at radius 2 is 2.29 bits per heavy atom. The molecule has 1 aromatic heterocycles. The first kappa shape index (κ1) is 10.2. The van der Waals surface area contributed by atoms with E-state index in [1.54, 1.807) is 0 Å². The first-order valence-corrected chi connectivity index (χ1v) is 6.11. The minimum Gasteiger partial charge on any atom is -0.381 e. The van der Waals surface area contributed by atoms with Crippen LogP contribution in [0, 0.1) is 6.92 Å². The number of hydrogen-bond acceptors (Lipinski definition) is 2. The Balaban J connectivity index is 2.14. The Morgan fingerprint density at radius 3 is 2.86 bits per heavy atom. The molecule has 1 saturated heterocycles. The Bertz CT molecular complexity index is 305. The Hall–Kier alpha value is -0.350. The van der Waals surface area contributed by atoms with Crippen LogP contribution in [0.4, 0.5) is 0 Å². The molecule has 0 N–H and O–H groups in total. The van der Waals surface area contributed by atoms with E-state index in [4.69, 9.17) is 4.74 Å². The van der Waals surface area contributed by atoms with E-state index in [-0.39, 0.29) is 0 Å². The summed E-state index contributed by atoms with van der Waals surface area (Å²) in [5.41, 5.74) is 2.42. The van der Waals surface area contributed by atoms with Crippen LogP contribution < -0.4 is 0 Å². The van der Waals surface area contributed by atoms with Crippen molar-refractivity contribution in [3.05, 3.63) is 17.5 Å². The molecule has 1 fully saturated rings. The summed E-state index contributed by atoms with van der Waals surface area (Å²) in [6.07, 6.45) is 4.33. The molecule has 0 bridgehead atoms. The van der Waals surface area contributed by atoms with Gasteiger partial charge < -0.3 is 4.74 Å². The van der Waals surface area contributed by atoms with E-state index in [0.717, 1.165) is 37.1 Å². The van der Waals surface area contributed by atoms with Gasteiger partial charge in [-0.15, -0.1) is 0 Å². The number of halogens is 1. The van der Waals surface area contributed by atoms with Crippen molar-refractivity contribution in [3.63, 3.8) is 0 Å². The quantitative estimate of drug-likeness (QED) is 0.763. The van der Waals surface area contributed by atoms with Gasteiger partial charge in [-0.3, -0.25) is 4.68 Å². The van der Waals surface area contributed by atoms with E-state index in [0.29, 0.717) is 6.04 Å². The predicted octanol–water partition coefficient (Wildman–Crippen LogP) is 2.44. The molecule has 14 heavy (non-hydrogen) atoms. The van der Waals surface area contributed by atoms with Gasteiger partial charge in [0.25, 0.3) is 0 Å². The molecular formula is C10H15BrN2O. The first-order chi connectivity index (χ1) is 6.81. The monoisotopic (exact) mass is 258 g/mol. The second-order valence-corrected chi connectivity index (χ2v) is 4.26. The summed E-state index contributed by atoms with van der Waals surface area (Å²) in [5, 5.41) is 5.43. The summed E-state index contributed by atoms with van der Waals surface area (Å²) < 4.78 is 7.44. The molecular weight excluding hydrogens is 244 g/mol. The van der Waals surface area contributed by atoms with E-state index >= 15 is 0 Å². The van der Waals surface area contributed by atoms with Crippen LogP contribution in [0.3, 0.4) is 0 Å². The van der Waals surface area contributed by atoms with Gasteiger partial charge in [0.15, 0.2) is 0 Å². The maximum atomic E-state index is 5.33. The fourth-order valence-electron chi connectivity index (χ4n) is 1.79. The fraction of sp³-hybridized carbons (Fsp3) is 0.700. The van der Waals surface area contributed by atoms with Crippen LogP contribution in [0.1, 0.15) is 30.1 Å². The molecule has 0 unspecified atom stereocenters. The standard InChI is InChI=1S/C10H15BrN2O/c1-8-9(6-11)7-13(12-8)10-2-4-14-5-3-10/h7,10H,2-6H2,1H3. The highest BCUT2D eigenvalue weighted by atomic mass is 79.9. The number of aromatic nitrogens is 2. The lowest BCUT2D eigenvalue weighted by Gasteiger charge is -2.22. The van der Waals surface area contributed by atoms with Gasteiger partial charge in [0.2, 0.25) is 0 Å². The van der Waals surface area contributed by atoms with Crippen LogP contribution in [0.2, 0.25) is 0 Å². The first-order valence-electron chi connectivity index (χ1n) is 4.99. The molecule has 2 heterocycles. The Kier molecular flexibility index (Phi) is 3.23. The van der Waals surface area contributed by atoms with Crippen molar-refractivity contribution in [2.45, 2.75) is 31.1 Å². The van der Waals surface area contributed by atoms with Gasteiger partial charge >= 0.3 is 0 Å². The lowest BCUT2D eigenvalue weighted by Crippen LogP contribution is -2.19. The molecule has 0 radical (unpaired) electrons. The van der Waals surface area contributed by atoms with Crippen molar-refractivity contribution in [1.29, 1.82) is 0 Å². The molecule has 1 aliphatic heterocycles. The molecule has 1 aliphatic rings. The largest absolute Gasteiger partial charge is 0.381 e. The Morgan fingerprint density at radius 1 is 1.57 bits per heavy atom. The molecule has 0 aromatic carbocycles. The number of aryl methyl sites for hydroxylation is 1. The summed E-state index contributed by atoms with van der Waals surface area (Å²) in [6.45, 7) is 3.80. The second-order valence-electron chi connectivity index (χ2n) is 3.70. The molecule has 1 aromatic rings. The van der Waals surface area contributed by atoms with Crippen molar-refractivity contribution in [2.24, 2.45) is 0 Å². The minimum atomic E-state index is 0.537. The smallest absolute Gasteiger partial charge is 0.0634 e. The molecule has 0 atom stereocenters. The number of ether oxygens (including phenoxy) is 1. The van der Waals surface area contributed by atoms with Gasteiger partial charge in [-0.1, -0.05) is 15.9 Å². The predicted molar refractivity (Wildman–Crippen MR) is 58.7 cm³/mol. The molecule has 0 saturated carbocycles. The lowest BCUT2D eigenvalue weighted by molar-refractivity contribution is 0.0661. The minimum absolute atomic E-state index is 0.537. The van der Waals surface area contributed by atoms with Crippen LogP contribution in [0.25, 0.3) is 0 Å². The summed E-state index contributed by atoms with van der Waals surface area (Å²) in [6, 6.07) is 0.537. The molecule has 3 nitrogen and oxygen atoms in total. The van der Waals surface area contributed by atoms with Crippen molar-refractivity contribution >= 4 is 15.9 Å². The van der Waals surface area contributed by atoms with Crippen molar-refractivity contribution in [1.82, 2.24) is 9.78 Å². The maximum Gasteiger partial charge on any atom is 0.0634 e. The van der Waals surface area contributed by atoms with Crippen LogP contribution in [-0.2, 0) is 10.1 Å². The maximum absolute atomic E-state index is 5.33. The van der Waals surface area contributed by atoms with E-state index < -0.39 is 0 Å². The van der Waals surface area contributed by atoms with Gasteiger partial charge in [-0.2, -0.15) is 5.10 Å². The van der Waals surface area contributed by atoms with Gasteiger partial charge in [0.05, 0.1) is 11.7 Å². The highest BCUT2D eigenvalue weighted by molar-refractivity contribution is 9.08. The second kappa shape index (κ2) is 4.45. The average molecular weight is 259 g/mol. The molecule has 78 valence electrons. The molecule has 0 aliphatic carbocycles. The number of hydrogen-bond donors (Lipinski definition) is 0. The molecule has 0 spiro atoms. The van der Waals surface area contributed by atoms with Crippen LogP contribution in [0.5, 0.6) is 0 Å². The number of alkyl halides is 1. The average Bonchev–Trinajstić information content (AvgIpc) is 2.61. The summed E-state index contributed by atoms with van der Waals surface area (Å²) >= 11 is 3.47. The normalized spacial score (nSPS) is 18.7. The van der Waals surface area contributed by atoms with Gasteiger partial charge in [0, 0.05) is 30.3 Å². The third kappa shape index (κ3) is 2.01. The SMILES string of the molecule is Cc1nn(C2CCOCC2)cc1CBr. The lowest BCUT2D eigenvalue weighted by atomic mass is 10.1. The zero-order valence-electron chi connectivity index (χ0n) is 8.37. The molecule has 2 rings (SSSR count). The van der Waals surface area contributed by atoms with Crippen LogP contribution in [-0.4, -0.2) is 23.0 Å². The van der Waals surface area contributed by atoms with E-state index in [2.05, 4.69) is 38.8 Å². The van der Waals surface area contributed by atoms with Gasteiger partial charge in [-0.05, 0) is 19.8 Å². The van der Waals surface area contributed by atoms with Gasteiger partial charge in [-0.25, -0.2) is 0 Å². The molecule has 0 amide bonds. The van der Waals surface area contributed by atoms with Crippen molar-refractivity contribution in [3.8, 4) is 0 Å². The van der Waals surface area contributed by atoms with Crippen LogP contribution in [0.15, 0.2) is 6.20 Å². The summed E-state index contributed by atoms with van der Waals surface area (Å²) in [4.78, 5) is 0. The van der Waals surface area contributed by atoms with Crippen molar-refractivity contribution in [2.75, 3.05) is 13.2 Å². The summed E-state index contributed by atoms with van der Waals surface area (Å²) in [7, 11) is 0. The zero-order chi connectivity index (χ0) is 9.97. The van der Waals surface area contributed by atoms with E-state index in [1.807, 2.05) is 0 Å². The third-order valence-electron chi connectivity index (χ3n) is 2.73. The zero-order valence-corrected chi connectivity index (χ0v) is 9.96.